The van der Waals surface area contributed by atoms with Gasteiger partial charge in [0, 0.05) is 23.0 Å². The first kappa shape index (κ1) is 18.6. The largest absolute Gasteiger partial charge is 0.495 e. The molecule has 3 aromatic rings. The van der Waals surface area contributed by atoms with Crippen LogP contribution in [0.1, 0.15) is 10.5 Å². The Hall–Kier alpha value is -3.19. The number of benzene rings is 2. The van der Waals surface area contributed by atoms with E-state index >= 15 is 0 Å². The van der Waals surface area contributed by atoms with E-state index in [-0.39, 0.29) is 5.69 Å². The molecule has 0 saturated carbocycles. The van der Waals surface area contributed by atoms with Crippen molar-refractivity contribution in [3.05, 3.63) is 53.2 Å². The minimum atomic E-state index is -0.623. The van der Waals surface area contributed by atoms with E-state index in [1.807, 2.05) is 24.3 Å². The molecule has 2 N–H and O–H groups in total. The summed E-state index contributed by atoms with van der Waals surface area (Å²) in [5, 5.41) is 3.83. The van der Waals surface area contributed by atoms with E-state index in [1.54, 1.807) is 6.07 Å². The molecule has 7 nitrogen and oxygen atoms in total. The molecule has 2 aromatic carbocycles. The number of ether oxygens (including phenoxy) is 3. The van der Waals surface area contributed by atoms with Crippen molar-refractivity contribution in [2.24, 2.45) is 0 Å². The molecule has 0 spiro atoms. The van der Waals surface area contributed by atoms with Gasteiger partial charge in [-0.05, 0) is 12.1 Å². The van der Waals surface area contributed by atoms with Crippen LogP contribution in [0.2, 0.25) is 5.02 Å². The number of H-pyrrole nitrogens is 1. The third kappa shape index (κ3) is 4.15. The van der Waals surface area contributed by atoms with E-state index < -0.39 is 18.5 Å². The van der Waals surface area contributed by atoms with Gasteiger partial charge in [0.05, 0.1) is 24.9 Å². The quantitative estimate of drug-likeness (QED) is 0.629. The van der Waals surface area contributed by atoms with Crippen LogP contribution in [0.5, 0.6) is 11.5 Å². The Balaban J connectivity index is 1.65. The molecule has 1 aromatic heterocycles. The van der Waals surface area contributed by atoms with Crippen molar-refractivity contribution in [1.82, 2.24) is 4.98 Å². The molecule has 0 aliphatic rings. The van der Waals surface area contributed by atoms with Gasteiger partial charge in [-0.25, -0.2) is 4.79 Å². The maximum absolute atomic E-state index is 12.1. The number of aromatic nitrogens is 1. The fourth-order valence-corrected chi connectivity index (χ4v) is 2.77. The molecule has 0 saturated heterocycles. The number of amides is 1. The predicted molar refractivity (Wildman–Crippen MR) is 102 cm³/mol. The van der Waals surface area contributed by atoms with E-state index in [1.165, 1.54) is 26.4 Å². The van der Waals surface area contributed by atoms with Crippen LogP contribution in [-0.2, 0) is 9.53 Å². The summed E-state index contributed by atoms with van der Waals surface area (Å²) >= 11 is 6.03. The number of para-hydroxylation sites is 1. The number of carbonyl (C=O) groups excluding carboxylic acids is 2. The Morgan fingerprint density at radius 2 is 1.81 bits per heavy atom. The number of halogens is 1. The highest BCUT2D eigenvalue weighted by Gasteiger charge is 2.16. The van der Waals surface area contributed by atoms with E-state index in [0.29, 0.717) is 22.2 Å². The van der Waals surface area contributed by atoms with Crippen molar-refractivity contribution in [2.75, 3.05) is 26.1 Å². The number of methoxy groups -OCH3 is 2. The molecule has 0 fully saturated rings. The van der Waals surface area contributed by atoms with Crippen LogP contribution >= 0.6 is 11.6 Å². The Labute approximate surface area is 160 Å². The van der Waals surface area contributed by atoms with Crippen molar-refractivity contribution in [2.45, 2.75) is 0 Å². The van der Waals surface area contributed by atoms with Crippen LogP contribution in [0.4, 0.5) is 5.69 Å². The summed E-state index contributed by atoms with van der Waals surface area (Å²) in [6.07, 6.45) is 0. The Morgan fingerprint density at radius 1 is 1.07 bits per heavy atom. The second-order valence-electron chi connectivity index (χ2n) is 5.58. The molecule has 0 radical (unpaired) electrons. The molecular weight excluding hydrogens is 372 g/mol. The average Bonchev–Trinajstić information content (AvgIpc) is 3.11. The molecule has 0 atom stereocenters. The number of hydrogen-bond donors (Lipinski definition) is 2. The standard InChI is InChI=1S/C19H17ClN2O5/c1-25-16-9-14(17(26-2)8-12(16)20)22-18(23)10-27-19(24)15-7-11-5-3-4-6-13(11)21-15/h3-9,21H,10H2,1-2H3,(H,22,23). The first-order valence-electron chi connectivity index (χ1n) is 7.98. The van der Waals surface area contributed by atoms with Gasteiger partial charge in [-0.2, -0.15) is 0 Å². The van der Waals surface area contributed by atoms with Crippen molar-refractivity contribution in [3.8, 4) is 11.5 Å². The van der Waals surface area contributed by atoms with Crippen LogP contribution in [0.3, 0.4) is 0 Å². The summed E-state index contributed by atoms with van der Waals surface area (Å²) in [7, 11) is 2.91. The topological polar surface area (TPSA) is 89.6 Å². The van der Waals surface area contributed by atoms with E-state index in [0.717, 1.165) is 10.9 Å². The molecular formula is C19H17ClN2O5. The summed E-state index contributed by atoms with van der Waals surface area (Å²) in [6, 6.07) is 12.2. The molecule has 0 bridgehead atoms. The first-order valence-corrected chi connectivity index (χ1v) is 8.36. The van der Waals surface area contributed by atoms with Crippen molar-refractivity contribution >= 4 is 40.1 Å². The minimum Gasteiger partial charge on any atom is -0.495 e. The molecule has 8 heteroatoms. The average molecular weight is 389 g/mol. The summed E-state index contributed by atoms with van der Waals surface area (Å²) in [4.78, 5) is 27.2. The van der Waals surface area contributed by atoms with Crippen molar-refractivity contribution in [3.63, 3.8) is 0 Å². The zero-order chi connectivity index (χ0) is 19.4. The van der Waals surface area contributed by atoms with Crippen LogP contribution in [0, 0.1) is 0 Å². The number of aromatic amines is 1. The lowest BCUT2D eigenvalue weighted by Gasteiger charge is -2.13. The van der Waals surface area contributed by atoms with Gasteiger partial charge in [-0.15, -0.1) is 0 Å². The lowest BCUT2D eigenvalue weighted by Crippen LogP contribution is -2.21. The van der Waals surface area contributed by atoms with Gasteiger partial charge in [-0.3, -0.25) is 4.79 Å². The Bertz CT molecular complexity index is 966. The first-order chi connectivity index (χ1) is 13.0. The molecule has 1 amide bonds. The van der Waals surface area contributed by atoms with Crippen LogP contribution in [0.15, 0.2) is 42.5 Å². The SMILES string of the molecule is COc1cc(NC(=O)COC(=O)c2cc3ccccc3[nH]2)c(OC)cc1Cl. The van der Waals surface area contributed by atoms with Gasteiger partial charge >= 0.3 is 5.97 Å². The summed E-state index contributed by atoms with van der Waals surface area (Å²) in [5.41, 5.74) is 1.44. The van der Waals surface area contributed by atoms with Crippen LogP contribution in [0.25, 0.3) is 10.9 Å². The molecule has 0 aliphatic heterocycles. The molecule has 27 heavy (non-hydrogen) atoms. The Morgan fingerprint density at radius 3 is 2.52 bits per heavy atom. The van der Waals surface area contributed by atoms with Gasteiger partial charge in [-0.1, -0.05) is 29.8 Å². The number of rotatable bonds is 6. The van der Waals surface area contributed by atoms with Gasteiger partial charge in [0.15, 0.2) is 6.61 Å². The van der Waals surface area contributed by atoms with Crippen molar-refractivity contribution in [1.29, 1.82) is 0 Å². The normalized spacial score (nSPS) is 10.5. The summed E-state index contributed by atoms with van der Waals surface area (Å²) in [5.74, 6) is -0.414. The maximum Gasteiger partial charge on any atom is 0.355 e. The summed E-state index contributed by atoms with van der Waals surface area (Å²) < 4.78 is 15.4. The van der Waals surface area contributed by atoms with Gasteiger partial charge in [0.1, 0.15) is 17.2 Å². The van der Waals surface area contributed by atoms with Gasteiger partial charge in [0.2, 0.25) is 0 Å². The van der Waals surface area contributed by atoms with Crippen molar-refractivity contribution < 1.29 is 23.8 Å². The highest BCUT2D eigenvalue weighted by Crippen LogP contribution is 2.35. The zero-order valence-corrected chi connectivity index (χ0v) is 15.4. The highest BCUT2D eigenvalue weighted by atomic mass is 35.5. The van der Waals surface area contributed by atoms with Gasteiger partial charge < -0.3 is 24.5 Å². The third-order valence-electron chi connectivity index (χ3n) is 3.83. The van der Waals surface area contributed by atoms with E-state index in [9.17, 15) is 9.59 Å². The highest BCUT2D eigenvalue weighted by molar-refractivity contribution is 6.32. The number of anilines is 1. The van der Waals surface area contributed by atoms with Crippen LogP contribution in [-0.4, -0.2) is 37.7 Å². The third-order valence-corrected chi connectivity index (χ3v) is 4.13. The molecule has 1 heterocycles. The number of nitrogens with one attached hydrogen (secondary N) is 2. The number of esters is 1. The second kappa shape index (κ2) is 8.01. The minimum absolute atomic E-state index is 0.273. The molecule has 0 aliphatic carbocycles. The number of carbonyl (C=O) groups is 2. The lowest BCUT2D eigenvalue weighted by molar-refractivity contribution is -0.119. The van der Waals surface area contributed by atoms with Crippen LogP contribution < -0.4 is 14.8 Å². The number of fused-ring (bicyclic) bond motifs is 1. The van der Waals surface area contributed by atoms with E-state index in [2.05, 4.69) is 10.3 Å². The zero-order valence-electron chi connectivity index (χ0n) is 14.7. The molecule has 140 valence electrons. The predicted octanol–water partition coefficient (Wildman–Crippen LogP) is 3.63. The number of hydrogen-bond acceptors (Lipinski definition) is 5. The Kier molecular flexibility index (Phi) is 5.52. The lowest BCUT2D eigenvalue weighted by atomic mass is 10.2. The fraction of sp³-hybridized carbons (Fsp3) is 0.158. The summed E-state index contributed by atoms with van der Waals surface area (Å²) in [6.45, 7) is -0.456. The monoisotopic (exact) mass is 388 g/mol. The van der Waals surface area contributed by atoms with Gasteiger partial charge in [0.25, 0.3) is 5.91 Å². The second-order valence-corrected chi connectivity index (χ2v) is 5.99. The maximum atomic E-state index is 12.1. The smallest absolute Gasteiger partial charge is 0.355 e. The molecule has 3 rings (SSSR count). The fourth-order valence-electron chi connectivity index (χ4n) is 2.54. The molecule has 0 unspecified atom stereocenters. The van der Waals surface area contributed by atoms with E-state index in [4.69, 9.17) is 25.8 Å².